The fourth-order valence-corrected chi connectivity index (χ4v) is 2.40. The van der Waals surface area contributed by atoms with Gasteiger partial charge < -0.3 is 14.8 Å². The number of hydrogen-bond acceptors (Lipinski definition) is 4. The highest BCUT2D eigenvalue weighted by atomic mass is 35.5. The second kappa shape index (κ2) is 9.82. The van der Waals surface area contributed by atoms with Crippen molar-refractivity contribution in [2.24, 2.45) is 0 Å². The smallest absolute Gasteiger partial charge is 0.387 e. The van der Waals surface area contributed by atoms with Gasteiger partial charge in [-0.05, 0) is 18.6 Å². The van der Waals surface area contributed by atoms with Crippen molar-refractivity contribution in [1.82, 2.24) is 10.6 Å². The van der Waals surface area contributed by atoms with Crippen LogP contribution in [0.3, 0.4) is 0 Å². The Bertz CT molecular complexity index is 605. The van der Waals surface area contributed by atoms with E-state index in [0.717, 1.165) is 6.42 Å². The van der Waals surface area contributed by atoms with Crippen molar-refractivity contribution in [2.75, 3.05) is 13.2 Å². The van der Waals surface area contributed by atoms with E-state index in [9.17, 15) is 22.4 Å². The highest BCUT2D eigenvalue weighted by Gasteiger charge is 2.42. The molecule has 2 rings (SSSR count). The molecule has 1 amide bonds. The van der Waals surface area contributed by atoms with Gasteiger partial charge in [0.1, 0.15) is 11.5 Å². The quantitative estimate of drug-likeness (QED) is 0.658. The van der Waals surface area contributed by atoms with Crippen molar-refractivity contribution < 1.29 is 31.8 Å². The Morgan fingerprint density at radius 1 is 1.42 bits per heavy atom. The highest BCUT2D eigenvalue weighted by molar-refractivity contribution is 5.85. The molecule has 148 valence electrons. The zero-order valence-electron chi connectivity index (χ0n) is 14.1. The Labute approximate surface area is 154 Å². The maximum Gasteiger partial charge on any atom is 0.387 e. The minimum Gasteiger partial charge on any atom is -0.493 e. The Kier molecular flexibility index (Phi) is 8.42. The molecule has 1 aliphatic rings. The van der Waals surface area contributed by atoms with E-state index in [2.05, 4.69) is 15.4 Å². The van der Waals surface area contributed by atoms with Crippen LogP contribution in [0.15, 0.2) is 18.2 Å². The van der Waals surface area contributed by atoms with Crippen molar-refractivity contribution in [1.29, 1.82) is 0 Å². The van der Waals surface area contributed by atoms with Crippen LogP contribution in [0, 0.1) is 0 Å². The van der Waals surface area contributed by atoms with Crippen LogP contribution >= 0.6 is 12.4 Å². The second-order valence-corrected chi connectivity index (χ2v) is 5.71. The lowest BCUT2D eigenvalue weighted by Gasteiger charge is -2.15. The highest BCUT2D eigenvalue weighted by Crippen LogP contribution is 2.28. The third-order valence-electron chi connectivity index (χ3n) is 3.61. The molecule has 0 aromatic heterocycles. The molecule has 2 N–H and O–H groups in total. The summed E-state index contributed by atoms with van der Waals surface area (Å²) in [6.07, 6.45) is 0.158. The first-order valence-corrected chi connectivity index (χ1v) is 7.90. The van der Waals surface area contributed by atoms with Crippen molar-refractivity contribution >= 4 is 18.3 Å². The summed E-state index contributed by atoms with van der Waals surface area (Å²) in [7, 11) is 0. The van der Waals surface area contributed by atoms with Crippen LogP contribution in [0.4, 0.5) is 17.6 Å². The van der Waals surface area contributed by atoms with Crippen LogP contribution in [0.1, 0.15) is 25.3 Å². The lowest BCUT2D eigenvalue weighted by Crippen LogP contribution is -2.40. The molecule has 1 heterocycles. The maximum absolute atomic E-state index is 13.1. The van der Waals surface area contributed by atoms with Crippen molar-refractivity contribution in [3.63, 3.8) is 0 Å². The summed E-state index contributed by atoms with van der Waals surface area (Å²) in [6, 6.07) is 3.35. The van der Waals surface area contributed by atoms with Crippen LogP contribution in [0.25, 0.3) is 0 Å². The molecule has 0 saturated carbocycles. The summed E-state index contributed by atoms with van der Waals surface area (Å²) >= 11 is 0. The first-order valence-electron chi connectivity index (χ1n) is 7.90. The Morgan fingerprint density at radius 3 is 2.73 bits per heavy atom. The standard InChI is InChI=1S/C16H20F4N2O3.ClH/c1-2-5-24-11-4-3-10(13(6-11)25-15(17)18)8-21-14(23)12-7-16(19,20)9-22-12;/h3-4,6,12,15,22H,2,5,7-9H2,1H3,(H,21,23);1H. The van der Waals surface area contributed by atoms with Gasteiger partial charge in [0.25, 0.3) is 5.92 Å². The van der Waals surface area contributed by atoms with E-state index >= 15 is 0 Å². The fraction of sp³-hybridized carbons (Fsp3) is 0.562. The second-order valence-electron chi connectivity index (χ2n) is 5.71. The zero-order chi connectivity index (χ0) is 18.4. The number of carbonyl (C=O) groups is 1. The van der Waals surface area contributed by atoms with Crippen LogP contribution in [0.2, 0.25) is 0 Å². The number of alkyl halides is 4. The van der Waals surface area contributed by atoms with Gasteiger partial charge in [-0.15, -0.1) is 12.4 Å². The van der Waals surface area contributed by atoms with E-state index in [1.165, 1.54) is 12.1 Å². The predicted molar refractivity (Wildman–Crippen MR) is 89.3 cm³/mol. The molecule has 1 unspecified atom stereocenters. The van der Waals surface area contributed by atoms with Crippen molar-refractivity contribution in [2.45, 2.75) is 44.9 Å². The molecule has 0 bridgehead atoms. The molecule has 0 aliphatic carbocycles. The van der Waals surface area contributed by atoms with Crippen molar-refractivity contribution in [3.8, 4) is 11.5 Å². The monoisotopic (exact) mass is 400 g/mol. The fourth-order valence-electron chi connectivity index (χ4n) is 2.40. The van der Waals surface area contributed by atoms with Crippen LogP contribution in [-0.2, 0) is 11.3 Å². The van der Waals surface area contributed by atoms with E-state index in [0.29, 0.717) is 17.9 Å². The number of amides is 1. The Balaban J connectivity index is 0.00000338. The maximum atomic E-state index is 13.1. The predicted octanol–water partition coefficient (Wildman–Crippen LogP) is 3.11. The number of benzene rings is 1. The lowest BCUT2D eigenvalue weighted by molar-refractivity contribution is -0.123. The Morgan fingerprint density at radius 2 is 2.15 bits per heavy atom. The zero-order valence-corrected chi connectivity index (χ0v) is 14.9. The first kappa shape index (κ1) is 22.3. The number of hydrogen-bond donors (Lipinski definition) is 2. The molecule has 0 spiro atoms. The molecule has 10 heteroatoms. The van der Waals surface area contributed by atoms with E-state index in [-0.39, 0.29) is 24.7 Å². The minimum absolute atomic E-state index is 0. The number of nitrogens with one attached hydrogen (secondary N) is 2. The third-order valence-corrected chi connectivity index (χ3v) is 3.61. The topological polar surface area (TPSA) is 59.6 Å². The van der Waals surface area contributed by atoms with Crippen LogP contribution in [0.5, 0.6) is 11.5 Å². The molecule has 0 radical (unpaired) electrons. The first-order chi connectivity index (χ1) is 11.8. The van der Waals surface area contributed by atoms with Gasteiger partial charge in [0.05, 0.1) is 19.2 Å². The largest absolute Gasteiger partial charge is 0.493 e. The molecule has 26 heavy (non-hydrogen) atoms. The SMILES string of the molecule is CCCOc1ccc(CNC(=O)C2CC(F)(F)CN2)c(OC(F)F)c1.Cl. The number of halogens is 5. The lowest BCUT2D eigenvalue weighted by atomic mass is 10.1. The molecule has 1 aromatic carbocycles. The van der Waals surface area contributed by atoms with Gasteiger partial charge in [-0.2, -0.15) is 8.78 Å². The molecular weight excluding hydrogens is 380 g/mol. The van der Waals surface area contributed by atoms with Crippen LogP contribution in [-0.4, -0.2) is 37.6 Å². The number of ether oxygens (including phenoxy) is 2. The number of carbonyl (C=O) groups excluding carboxylic acids is 1. The summed E-state index contributed by atoms with van der Waals surface area (Å²) in [5.74, 6) is -3.31. The van der Waals surface area contributed by atoms with E-state index in [1.54, 1.807) is 6.07 Å². The van der Waals surface area contributed by atoms with Gasteiger partial charge >= 0.3 is 6.61 Å². The molecule has 1 fully saturated rings. The third kappa shape index (κ3) is 6.53. The molecule has 5 nitrogen and oxygen atoms in total. The van der Waals surface area contributed by atoms with Gasteiger partial charge in [-0.1, -0.05) is 6.92 Å². The van der Waals surface area contributed by atoms with E-state index in [1.807, 2.05) is 6.92 Å². The van der Waals surface area contributed by atoms with Gasteiger partial charge in [-0.3, -0.25) is 10.1 Å². The van der Waals surface area contributed by atoms with Gasteiger partial charge in [-0.25, -0.2) is 8.78 Å². The molecule has 1 aromatic rings. The summed E-state index contributed by atoms with van der Waals surface area (Å²) in [5.41, 5.74) is 0.294. The summed E-state index contributed by atoms with van der Waals surface area (Å²) in [5, 5.41) is 4.88. The normalized spacial score (nSPS) is 18.3. The van der Waals surface area contributed by atoms with E-state index < -0.39 is 37.4 Å². The van der Waals surface area contributed by atoms with E-state index in [4.69, 9.17) is 4.74 Å². The summed E-state index contributed by atoms with van der Waals surface area (Å²) in [4.78, 5) is 11.9. The Hall–Kier alpha value is -1.74. The van der Waals surface area contributed by atoms with Gasteiger partial charge in [0, 0.05) is 24.6 Å². The molecule has 1 aliphatic heterocycles. The minimum atomic E-state index is -3.04. The van der Waals surface area contributed by atoms with Crippen molar-refractivity contribution in [3.05, 3.63) is 23.8 Å². The summed E-state index contributed by atoms with van der Waals surface area (Å²) < 4.78 is 61.2. The van der Waals surface area contributed by atoms with Gasteiger partial charge in [0.15, 0.2) is 0 Å². The molecule has 1 saturated heterocycles. The van der Waals surface area contributed by atoms with Crippen LogP contribution < -0.4 is 20.1 Å². The van der Waals surface area contributed by atoms with Gasteiger partial charge in [0.2, 0.25) is 5.91 Å². The summed E-state index contributed by atoms with van der Waals surface area (Å²) in [6.45, 7) is -1.40. The molecular formula is C16H21ClF4N2O3. The molecule has 1 atom stereocenters. The average Bonchev–Trinajstić information content (AvgIpc) is 2.91. The average molecular weight is 401 g/mol. The number of rotatable bonds is 8.